The summed E-state index contributed by atoms with van der Waals surface area (Å²) in [6.07, 6.45) is -4.56. The fraction of sp³-hybridized carbons (Fsp3) is 0.467. The monoisotopic (exact) mass is 331 g/mol. The van der Waals surface area contributed by atoms with Gasteiger partial charge in [0.05, 0.1) is 17.8 Å². The highest BCUT2D eigenvalue weighted by Gasteiger charge is 2.33. The van der Waals surface area contributed by atoms with E-state index in [9.17, 15) is 22.8 Å². The number of alkyl halides is 3. The number of rotatable bonds is 6. The van der Waals surface area contributed by atoms with Crippen LogP contribution in [-0.2, 0) is 15.8 Å². The van der Waals surface area contributed by atoms with Gasteiger partial charge < -0.3 is 15.1 Å². The summed E-state index contributed by atoms with van der Waals surface area (Å²) in [6.45, 7) is 1.88. The summed E-state index contributed by atoms with van der Waals surface area (Å²) >= 11 is 0. The Hall–Kier alpha value is -2.09. The summed E-state index contributed by atoms with van der Waals surface area (Å²) in [4.78, 5) is 26.6. The van der Waals surface area contributed by atoms with Crippen molar-refractivity contribution in [3.05, 3.63) is 29.8 Å². The summed E-state index contributed by atoms with van der Waals surface area (Å²) in [5, 5.41) is 2.22. The van der Waals surface area contributed by atoms with Crippen LogP contribution in [0.1, 0.15) is 12.5 Å². The Bertz CT molecular complexity index is 559. The molecule has 0 saturated carbocycles. The molecule has 23 heavy (non-hydrogen) atoms. The van der Waals surface area contributed by atoms with Gasteiger partial charge in [-0.05, 0) is 26.2 Å². The zero-order chi connectivity index (χ0) is 17.6. The van der Waals surface area contributed by atoms with Gasteiger partial charge >= 0.3 is 6.18 Å². The van der Waals surface area contributed by atoms with Crippen molar-refractivity contribution in [2.45, 2.75) is 13.1 Å². The van der Waals surface area contributed by atoms with Crippen LogP contribution in [0.25, 0.3) is 0 Å². The number of benzene rings is 1. The third-order valence-electron chi connectivity index (χ3n) is 3.10. The Kier molecular flexibility index (Phi) is 6.56. The molecule has 5 nitrogen and oxygen atoms in total. The van der Waals surface area contributed by atoms with E-state index in [1.54, 1.807) is 0 Å². The van der Waals surface area contributed by atoms with Gasteiger partial charge in [0.2, 0.25) is 11.8 Å². The number of nitrogens with zero attached hydrogens (tertiary/aromatic N) is 2. The Morgan fingerprint density at radius 2 is 1.74 bits per heavy atom. The van der Waals surface area contributed by atoms with E-state index in [1.807, 2.05) is 19.0 Å². The molecule has 0 radical (unpaired) electrons. The number of halogens is 3. The van der Waals surface area contributed by atoms with Gasteiger partial charge in [-0.1, -0.05) is 12.1 Å². The van der Waals surface area contributed by atoms with E-state index in [2.05, 4.69) is 5.32 Å². The molecule has 0 aliphatic rings. The molecule has 0 aliphatic heterocycles. The molecule has 1 aromatic rings. The van der Waals surface area contributed by atoms with Crippen molar-refractivity contribution in [2.75, 3.05) is 39.0 Å². The molecule has 0 unspecified atom stereocenters. The van der Waals surface area contributed by atoms with E-state index in [1.165, 1.54) is 30.0 Å². The SMILES string of the molecule is CC(=O)N(CCN(C)C)CC(=O)Nc1ccccc1C(F)(F)F. The average Bonchev–Trinajstić information content (AvgIpc) is 2.42. The molecular formula is C15H20F3N3O2. The molecule has 0 aliphatic carbocycles. The first-order valence-electron chi connectivity index (χ1n) is 6.97. The van der Waals surface area contributed by atoms with Gasteiger partial charge in [0.1, 0.15) is 0 Å². The number of nitrogens with one attached hydrogen (secondary N) is 1. The normalized spacial score (nSPS) is 11.4. The van der Waals surface area contributed by atoms with Crippen LogP contribution >= 0.6 is 0 Å². The maximum absolute atomic E-state index is 12.9. The van der Waals surface area contributed by atoms with Crippen molar-refractivity contribution in [1.29, 1.82) is 0 Å². The molecule has 2 amide bonds. The number of carbonyl (C=O) groups excluding carboxylic acids is 2. The van der Waals surface area contributed by atoms with Crippen molar-refractivity contribution in [2.24, 2.45) is 0 Å². The average molecular weight is 331 g/mol. The van der Waals surface area contributed by atoms with Crippen molar-refractivity contribution in [1.82, 2.24) is 9.80 Å². The maximum atomic E-state index is 12.9. The van der Waals surface area contributed by atoms with Gasteiger partial charge in [0, 0.05) is 20.0 Å². The highest BCUT2D eigenvalue weighted by atomic mass is 19.4. The van der Waals surface area contributed by atoms with Gasteiger partial charge in [0.15, 0.2) is 0 Å². The lowest BCUT2D eigenvalue weighted by Crippen LogP contribution is -2.40. The quantitative estimate of drug-likeness (QED) is 0.868. The Labute approximate surface area is 133 Å². The van der Waals surface area contributed by atoms with E-state index in [-0.39, 0.29) is 18.1 Å². The van der Waals surface area contributed by atoms with Gasteiger partial charge in [-0.25, -0.2) is 0 Å². The molecular weight excluding hydrogens is 311 g/mol. The zero-order valence-corrected chi connectivity index (χ0v) is 13.3. The number of hydrogen-bond acceptors (Lipinski definition) is 3. The van der Waals surface area contributed by atoms with E-state index in [4.69, 9.17) is 0 Å². The van der Waals surface area contributed by atoms with Crippen molar-refractivity contribution < 1.29 is 22.8 Å². The second-order valence-corrected chi connectivity index (χ2v) is 5.34. The molecule has 1 aromatic carbocycles. The van der Waals surface area contributed by atoms with E-state index < -0.39 is 17.6 Å². The van der Waals surface area contributed by atoms with Crippen LogP contribution in [0, 0.1) is 0 Å². The van der Waals surface area contributed by atoms with Crippen LogP contribution < -0.4 is 5.32 Å². The predicted octanol–water partition coefficient (Wildman–Crippen LogP) is 2.05. The molecule has 0 saturated heterocycles. The first-order chi connectivity index (χ1) is 10.6. The summed E-state index contributed by atoms with van der Waals surface area (Å²) in [5.74, 6) is -0.984. The van der Waals surface area contributed by atoms with E-state index in [0.717, 1.165) is 6.07 Å². The lowest BCUT2D eigenvalue weighted by atomic mass is 10.1. The number of hydrogen-bond donors (Lipinski definition) is 1. The summed E-state index contributed by atoms with van der Waals surface area (Å²) in [5.41, 5.74) is -1.24. The molecule has 0 spiro atoms. The third kappa shape index (κ3) is 6.27. The van der Waals surface area contributed by atoms with Crippen molar-refractivity contribution >= 4 is 17.5 Å². The fourth-order valence-electron chi connectivity index (χ4n) is 1.87. The molecule has 0 aromatic heterocycles. The Balaban J connectivity index is 2.78. The highest BCUT2D eigenvalue weighted by molar-refractivity contribution is 5.95. The predicted molar refractivity (Wildman–Crippen MR) is 80.9 cm³/mol. The minimum Gasteiger partial charge on any atom is -0.332 e. The van der Waals surface area contributed by atoms with Gasteiger partial charge in [-0.2, -0.15) is 13.2 Å². The fourth-order valence-corrected chi connectivity index (χ4v) is 1.87. The summed E-state index contributed by atoms with van der Waals surface area (Å²) in [7, 11) is 3.63. The lowest BCUT2D eigenvalue weighted by Gasteiger charge is -2.23. The minimum absolute atomic E-state index is 0.296. The number of likely N-dealkylation sites (N-methyl/N-ethyl adjacent to an activating group) is 1. The third-order valence-corrected chi connectivity index (χ3v) is 3.10. The summed E-state index contributed by atoms with van der Waals surface area (Å²) < 4.78 is 38.6. The number of para-hydroxylation sites is 1. The molecule has 0 fully saturated rings. The number of amides is 2. The smallest absolute Gasteiger partial charge is 0.332 e. The molecule has 0 heterocycles. The van der Waals surface area contributed by atoms with Crippen LogP contribution in [0.3, 0.4) is 0 Å². The second kappa shape index (κ2) is 7.96. The Morgan fingerprint density at radius 1 is 1.13 bits per heavy atom. The lowest BCUT2D eigenvalue weighted by molar-refractivity contribution is -0.137. The zero-order valence-electron chi connectivity index (χ0n) is 13.3. The van der Waals surface area contributed by atoms with Crippen LogP contribution in [0.2, 0.25) is 0 Å². The van der Waals surface area contributed by atoms with E-state index in [0.29, 0.717) is 13.1 Å². The molecule has 128 valence electrons. The molecule has 0 atom stereocenters. The van der Waals surface area contributed by atoms with Gasteiger partial charge in [0.25, 0.3) is 0 Å². The first kappa shape index (κ1) is 19.0. The first-order valence-corrected chi connectivity index (χ1v) is 6.97. The molecule has 8 heteroatoms. The molecule has 0 bridgehead atoms. The Morgan fingerprint density at radius 3 is 2.26 bits per heavy atom. The van der Waals surface area contributed by atoms with Gasteiger partial charge in [-0.3, -0.25) is 9.59 Å². The summed E-state index contributed by atoms with van der Waals surface area (Å²) in [6, 6.07) is 4.72. The van der Waals surface area contributed by atoms with Crippen LogP contribution in [0.15, 0.2) is 24.3 Å². The van der Waals surface area contributed by atoms with Gasteiger partial charge in [-0.15, -0.1) is 0 Å². The topological polar surface area (TPSA) is 52.7 Å². The van der Waals surface area contributed by atoms with Crippen LogP contribution in [0.4, 0.5) is 18.9 Å². The van der Waals surface area contributed by atoms with Crippen molar-refractivity contribution in [3.8, 4) is 0 Å². The molecule has 1 N–H and O–H groups in total. The highest BCUT2D eigenvalue weighted by Crippen LogP contribution is 2.34. The number of anilines is 1. The largest absolute Gasteiger partial charge is 0.418 e. The standard InChI is InChI=1S/C15H20F3N3O2/c1-11(22)21(9-8-20(2)3)10-14(23)19-13-7-5-4-6-12(13)15(16,17)18/h4-7H,8-10H2,1-3H3,(H,19,23). The maximum Gasteiger partial charge on any atom is 0.418 e. The van der Waals surface area contributed by atoms with Crippen LogP contribution in [-0.4, -0.2) is 55.3 Å². The molecule has 1 rings (SSSR count). The second-order valence-electron chi connectivity index (χ2n) is 5.34. The minimum atomic E-state index is -4.56. The van der Waals surface area contributed by atoms with Crippen LogP contribution in [0.5, 0.6) is 0 Å². The van der Waals surface area contributed by atoms with E-state index >= 15 is 0 Å². The van der Waals surface area contributed by atoms with Crippen molar-refractivity contribution in [3.63, 3.8) is 0 Å². The number of carbonyl (C=O) groups is 2.